The fraction of sp³-hybridized carbons (Fsp3) is 0.520. The van der Waals surface area contributed by atoms with Gasteiger partial charge in [-0.3, -0.25) is 4.90 Å². The maximum atomic E-state index is 14.5. The van der Waals surface area contributed by atoms with Gasteiger partial charge in [-0.05, 0) is 43.0 Å². The topological polar surface area (TPSA) is 51.2 Å². The van der Waals surface area contributed by atoms with Gasteiger partial charge in [0.25, 0.3) is 0 Å². The molecule has 1 saturated heterocycles. The highest BCUT2D eigenvalue weighted by atomic mass is 19.1. The van der Waals surface area contributed by atoms with Crippen LogP contribution in [0.5, 0.6) is 17.2 Å². The van der Waals surface area contributed by atoms with E-state index in [9.17, 15) is 9.50 Å². The SMILES string of the molecule is COc1cc([C@H]2[C@@H]3CCCC[C@]3(O)CCN2Cc2ccccc2F)cc(OC)c1OC. The minimum absolute atomic E-state index is 0.0598. The Balaban J connectivity index is 1.79. The smallest absolute Gasteiger partial charge is 0.203 e. The Morgan fingerprint density at radius 1 is 1.03 bits per heavy atom. The zero-order valence-electron chi connectivity index (χ0n) is 18.6. The third-order valence-corrected chi connectivity index (χ3v) is 7.03. The van der Waals surface area contributed by atoms with E-state index in [4.69, 9.17) is 14.2 Å². The van der Waals surface area contributed by atoms with Crippen molar-refractivity contribution in [2.75, 3.05) is 27.9 Å². The molecule has 1 N–H and O–H groups in total. The molecule has 168 valence electrons. The molecule has 1 aliphatic carbocycles. The molecule has 0 unspecified atom stereocenters. The maximum Gasteiger partial charge on any atom is 0.203 e. The maximum absolute atomic E-state index is 14.5. The lowest BCUT2D eigenvalue weighted by atomic mass is 9.66. The number of fused-ring (bicyclic) bond motifs is 1. The molecule has 0 aromatic heterocycles. The number of methoxy groups -OCH3 is 3. The third kappa shape index (κ3) is 4.11. The summed E-state index contributed by atoms with van der Waals surface area (Å²) < 4.78 is 31.2. The first kappa shape index (κ1) is 21.9. The van der Waals surface area contributed by atoms with Gasteiger partial charge in [-0.25, -0.2) is 4.39 Å². The molecule has 1 heterocycles. The van der Waals surface area contributed by atoms with Crippen molar-refractivity contribution >= 4 is 0 Å². The van der Waals surface area contributed by atoms with E-state index in [2.05, 4.69) is 4.90 Å². The number of halogens is 1. The number of aliphatic hydroxyl groups is 1. The first-order valence-corrected chi connectivity index (χ1v) is 11.0. The minimum Gasteiger partial charge on any atom is -0.493 e. The molecule has 0 radical (unpaired) electrons. The van der Waals surface area contributed by atoms with Gasteiger partial charge in [0.2, 0.25) is 5.75 Å². The number of likely N-dealkylation sites (tertiary alicyclic amines) is 1. The van der Waals surface area contributed by atoms with Gasteiger partial charge in [0, 0.05) is 30.6 Å². The number of nitrogens with zero attached hydrogens (tertiary/aromatic N) is 1. The average molecular weight is 430 g/mol. The second kappa shape index (κ2) is 9.05. The van der Waals surface area contributed by atoms with E-state index in [-0.39, 0.29) is 17.8 Å². The molecule has 0 bridgehead atoms. The summed E-state index contributed by atoms with van der Waals surface area (Å²) >= 11 is 0. The van der Waals surface area contributed by atoms with Crippen LogP contribution in [-0.4, -0.2) is 43.5 Å². The second-order valence-electron chi connectivity index (χ2n) is 8.67. The van der Waals surface area contributed by atoms with Crippen LogP contribution in [0.3, 0.4) is 0 Å². The quantitative estimate of drug-likeness (QED) is 0.720. The molecular weight excluding hydrogens is 397 g/mol. The summed E-state index contributed by atoms with van der Waals surface area (Å²) in [4.78, 5) is 2.30. The van der Waals surface area contributed by atoms with Gasteiger partial charge in [-0.15, -0.1) is 0 Å². The molecule has 1 saturated carbocycles. The van der Waals surface area contributed by atoms with Crippen LogP contribution in [0.25, 0.3) is 0 Å². The van der Waals surface area contributed by atoms with Crippen LogP contribution in [0, 0.1) is 11.7 Å². The van der Waals surface area contributed by atoms with Crippen LogP contribution in [0.15, 0.2) is 36.4 Å². The number of hydrogen-bond acceptors (Lipinski definition) is 5. The van der Waals surface area contributed by atoms with Gasteiger partial charge in [0.1, 0.15) is 5.82 Å². The van der Waals surface area contributed by atoms with Crippen LogP contribution in [-0.2, 0) is 6.54 Å². The van der Waals surface area contributed by atoms with E-state index < -0.39 is 5.60 Å². The number of piperidine rings is 1. The lowest BCUT2D eigenvalue weighted by molar-refractivity contribution is -0.126. The largest absolute Gasteiger partial charge is 0.493 e. The van der Waals surface area contributed by atoms with E-state index in [1.165, 1.54) is 6.07 Å². The van der Waals surface area contributed by atoms with Gasteiger partial charge in [0.15, 0.2) is 11.5 Å². The molecular formula is C25H32FNO4. The van der Waals surface area contributed by atoms with Crippen molar-refractivity contribution < 1.29 is 23.7 Å². The Labute approximate surface area is 183 Å². The Morgan fingerprint density at radius 2 is 1.74 bits per heavy atom. The molecule has 0 amide bonds. The Morgan fingerprint density at radius 3 is 2.39 bits per heavy atom. The van der Waals surface area contributed by atoms with Crippen molar-refractivity contribution in [1.29, 1.82) is 0 Å². The van der Waals surface area contributed by atoms with Gasteiger partial charge >= 0.3 is 0 Å². The molecule has 2 aromatic carbocycles. The summed E-state index contributed by atoms with van der Waals surface area (Å²) in [5, 5.41) is 11.5. The van der Waals surface area contributed by atoms with Crippen LogP contribution in [0.4, 0.5) is 4.39 Å². The molecule has 1 aliphatic heterocycles. The number of hydrogen-bond donors (Lipinski definition) is 1. The zero-order valence-corrected chi connectivity index (χ0v) is 18.6. The van der Waals surface area contributed by atoms with Crippen LogP contribution in [0.1, 0.15) is 49.3 Å². The number of benzene rings is 2. The second-order valence-corrected chi connectivity index (χ2v) is 8.67. The van der Waals surface area contributed by atoms with Crippen LogP contribution >= 0.6 is 0 Å². The van der Waals surface area contributed by atoms with Crippen LogP contribution in [0.2, 0.25) is 0 Å². The molecule has 2 aromatic rings. The standard InChI is InChI=1S/C25H32FNO4/c1-29-21-14-18(15-22(30-2)24(21)31-3)23-19-9-6-7-11-25(19,28)12-13-27(23)16-17-8-4-5-10-20(17)26/h4-5,8,10,14-15,19,23,28H,6-7,9,11-13,16H2,1-3H3/t19-,23-,25-/m0/s1. The van der Waals surface area contributed by atoms with Gasteiger partial charge in [-0.2, -0.15) is 0 Å². The van der Waals surface area contributed by atoms with E-state index in [1.54, 1.807) is 27.4 Å². The van der Waals surface area contributed by atoms with Gasteiger partial charge in [0.05, 0.1) is 26.9 Å². The van der Waals surface area contributed by atoms with Crippen molar-refractivity contribution in [3.05, 3.63) is 53.3 Å². The van der Waals surface area contributed by atoms with E-state index in [1.807, 2.05) is 24.3 Å². The molecule has 3 atom stereocenters. The van der Waals surface area contributed by atoms with Crippen molar-refractivity contribution in [1.82, 2.24) is 4.90 Å². The highest BCUT2D eigenvalue weighted by Crippen LogP contribution is 2.51. The molecule has 0 spiro atoms. The van der Waals surface area contributed by atoms with Crippen molar-refractivity contribution in [2.24, 2.45) is 5.92 Å². The van der Waals surface area contributed by atoms with Crippen molar-refractivity contribution in [2.45, 2.75) is 50.3 Å². The summed E-state index contributed by atoms with van der Waals surface area (Å²) in [5.74, 6) is 1.59. The van der Waals surface area contributed by atoms with E-state index in [0.29, 0.717) is 42.3 Å². The highest BCUT2D eigenvalue weighted by Gasteiger charge is 2.49. The summed E-state index contributed by atoms with van der Waals surface area (Å²) in [7, 11) is 4.80. The minimum atomic E-state index is -0.699. The Bertz CT molecular complexity index is 895. The highest BCUT2D eigenvalue weighted by molar-refractivity contribution is 5.54. The van der Waals surface area contributed by atoms with Crippen LogP contribution < -0.4 is 14.2 Å². The lowest BCUT2D eigenvalue weighted by Gasteiger charge is -2.53. The monoisotopic (exact) mass is 429 g/mol. The summed E-state index contributed by atoms with van der Waals surface area (Å²) in [6.07, 6.45) is 4.58. The average Bonchev–Trinajstić information content (AvgIpc) is 2.79. The molecule has 2 aliphatic rings. The molecule has 2 fully saturated rings. The molecule has 4 rings (SSSR count). The normalized spacial score (nSPS) is 26.2. The van der Waals surface area contributed by atoms with E-state index in [0.717, 1.165) is 31.2 Å². The summed E-state index contributed by atoms with van der Waals surface area (Å²) in [6.45, 7) is 1.18. The van der Waals surface area contributed by atoms with Crippen molar-refractivity contribution in [3.8, 4) is 17.2 Å². The lowest BCUT2D eigenvalue weighted by Crippen LogP contribution is -2.54. The first-order chi connectivity index (χ1) is 15.0. The predicted molar refractivity (Wildman–Crippen MR) is 117 cm³/mol. The summed E-state index contributed by atoms with van der Waals surface area (Å²) in [5.41, 5.74) is 0.965. The molecule has 31 heavy (non-hydrogen) atoms. The Hall–Kier alpha value is -2.31. The zero-order chi connectivity index (χ0) is 22.0. The number of rotatable bonds is 6. The number of ether oxygens (including phenoxy) is 3. The van der Waals surface area contributed by atoms with Gasteiger partial charge in [-0.1, -0.05) is 31.0 Å². The predicted octanol–water partition coefficient (Wildman–Crippen LogP) is 4.72. The fourth-order valence-electron chi connectivity index (χ4n) is 5.48. The fourth-order valence-corrected chi connectivity index (χ4v) is 5.48. The molecule has 5 nitrogen and oxygen atoms in total. The molecule has 6 heteroatoms. The van der Waals surface area contributed by atoms with E-state index >= 15 is 0 Å². The third-order valence-electron chi connectivity index (χ3n) is 7.03. The first-order valence-electron chi connectivity index (χ1n) is 11.0. The van der Waals surface area contributed by atoms with Crippen molar-refractivity contribution in [3.63, 3.8) is 0 Å². The summed E-state index contributed by atoms with van der Waals surface area (Å²) in [6, 6.07) is 10.8. The Kier molecular flexibility index (Phi) is 6.39. The van der Waals surface area contributed by atoms with Gasteiger partial charge < -0.3 is 19.3 Å².